The van der Waals surface area contributed by atoms with Gasteiger partial charge in [0.25, 0.3) is 5.91 Å². The number of sulfone groups is 1. The first-order valence-electron chi connectivity index (χ1n) is 9.00. The number of halogens is 1. The Morgan fingerprint density at radius 2 is 1.86 bits per heavy atom. The quantitative estimate of drug-likeness (QED) is 0.675. The van der Waals surface area contributed by atoms with Crippen molar-refractivity contribution in [3.63, 3.8) is 0 Å². The number of carbonyl (C=O) groups is 2. The lowest BCUT2D eigenvalue weighted by Gasteiger charge is -2.19. The summed E-state index contributed by atoms with van der Waals surface area (Å²) in [6, 6.07) is 10.4. The second-order valence-corrected chi connectivity index (χ2v) is 8.83. The molecule has 1 unspecified atom stereocenters. The van der Waals surface area contributed by atoms with Gasteiger partial charge < -0.3 is 10.6 Å². The summed E-state index contributed by atoms with van der Waals surface area (Å²) < 4.78 is 25.8. The van der Waals surface area contributed by atoms with E-state index in [0.717, 1.165) is 25.9 Å². The maximum atomic E-state index is 12.9. The van der Waals surface area contributed by atoms with E-state index in [-0.39, 0.29) is 50.6 Å². The fourth-order valence-electron chi connectivity index (χ4n) is 3.68. The number of nitrogens with one attached hydrogen (secondary N) is 2. The fraction of sp³-hybridized carbons (Fsp3) is 0.300. The molecule has 0 aromatic heterocycles. The number of hydrogen-bond acceptors (Lipinski definition) is 5. The van der Waals surface area contributed by atoms with Crippen LogP contribution in [0.1, 0.15) is 39.1 Å². The van der Waals surface area contributed by atoms with Crippen molar-refractivity contribution < 1.29 is 18.0 Å². The van der Waals surface area contributed by atoms with Gasteiger partial charge in [-0.05, 0) is 62.2 Å². The average Bonchev–Trinajstić information content (AvgIpc) is 3.19. The predicted octanol–water partition coefficient (Wildman–Crippen LogP) is 2.22. The molecule has 28 heavy (non-hydrogen) atoms. The molecular formula is C20H21ClN2O4S. The van der Waals surface area contributed by atoms with Gasteiger partial charge in [0.2, 0.25) is 9.84 Å². The number of carbonyl (C=O) groups excluding carboxylic acids is 2. The van der Waals surface area contributed by atoms with Crippen LogP contribution in [0.4, 0.5) is 0 Å². The maximum absolute atomic E-state index is 12.9. The standard InChI is InChI=1S/C20H20N2O4S.ClH/c23-19-15-3-1-2-4-17(15)27(25,26)18-11-14(5-6-16(18)19)20(24)22-10-8-13-7-9-21-12-13;/h1-6,11,13,21H,7-10,12H2,(H,22,24);1H. The zero-order valence-corrected chi connectivity index (χ0v) is 16.7. The molecule has 0 saturated carbocycles. The Balaban J connectivity index is 0.00000225. The maximum Gasteiger partial charge on any atom is 0.251 e. The van der Waals surface area contributed by atoms with Crippen LogP contribution >= 0.6 is 12.4 Å². The summed E-state index contributed by atoms with van der Waals surface area (Å²) in [7, 11) is -3.83. The van der Waals surface area contributed by atoms with E-state index in [1.165, 1.54) is 30.3 Å². The Hall–Kier alpha value is -2.22. The Morgan fingerprint density at radius 3 is 2.61 bits per heavy atom. The van der Waals surface area contributed by atoms with Gasteiger partial charge in [-0.15, -0.1) is 12.4 Å². The third-order valence-corrected chi connectivity index (χ3v) is 7.05. The number of ketones is 1. The first-order valence-corrected chi connectivity index (χ1v) is 10.5. The molecule has 2 aliphatic heterocycles. The average molecular weight is 421 g/mol. The fourth-order valence-corrected chi connectivity index (χ4v) is 5.36. The van der Waals surface area contributed by atoms with Crippen LogP contribution in [0, 0.1) is 5.92 Å². The van der Waals surface area contributed by atoms with Crippen LogP contribution in [0.25, 0.3) is 0 Å². The van der Waals surface area contributed by atoms with Crippen molar-refractivity contribution in [2.45, 2.75) is 22.6 Å². The molecule has 4 rings (SSSR count). The van der Waals surface area contributed by atoms with Crippen LogP contribution in [-0.4, -0.2) is 39.7 Å². The molecule has 0 spiro atoms. The van der Waals surface area contributed by atoms with Crippen LogP contribution in [0.5, 0.6) is 0 Å². The van der Waals surface area contributed by atoms with Crippen LogP contribution in [0.2, 0.25) is 0 Å². The Labute approximate surface area is 170 Å². The number of amides is 1. The number of hydrogen-bond donors (Lipinski definition) is 2. The largest absolute Gasteiger partial charge is 0.352 e. The van der Waals surface area contributed by atoms with Crippen LogP contribution in [-0.2, 0) is 9.84 Å². The summed E-state index contributed by atoms with van der Waals surface area (Å²) in [5.74, 6) is -0.107. The minimum Gasteiger partial charge on any atom is -0.352 e. The number of fused-ring (bicyclic) bond motifs is 2. The van der Waals surface area contributed by atoms with Crippen molar-refractivity contribution in [1.29, 1.82) is 0 Å². The topological polar surface area (TPSA) is 92.3 Å². The molecule has 1 amide bonds. The third kappa shape index (κ3) is 3.57. The highest BCUT2D eigenvalue weighted by Gasteiger charge is 2.35. The second kappa shape index (κ2) is 8.03. The number of rotatable bonds is 4. The van der Waals surface area contributed by atoms with Crippen LogP contribution < -0.4 is 10.6 Å². The van der Waals surface area contributed by atoms with E-state index in [9.17, 15) is 18.0 Å². The van der Waals surface area contributed by atoms with Crippen molar-refractivity contribution in [3.8, 4) is 0 Å². The molecule has 1 atom stereocenters. The molecule has 2 heterocycles. The lowest BCUT2D eigenvalue weighted by atomic mass is 10.0. The molecular weight excluding hydrogens is 400 g/mol. The molecule has 148 valence electrons. The first kappa shape index (κ1) is 20.5. The van der Waals surface area contributed by atoms with Gasteiger partial charge in [-0.3, -0.25) is 9.59 Å². The SMILES string of the molecule is Cl.O=C(NCCC1CCNC1)c1ccc2c(c1)S(=O)(=O)c1ccccc1C2=O. The summed E-state index contributed by atoms with van der Waals surface area (Å²) in [5.41, 5.74) is 0.531. The van der Waals surface area contributed by atoms with Crippen molar-refractivity contribution >= 4 is 33.9 Å². The van der Waals surface area contributed by atoms with E-state index in [4.69, 9.17) is 0 Å². The zero-order chi connectivity index (χ0) is 19.0. The Morgan fingerprint density at radius 1 is 1.11 bits per heavy atom. The van der Waals surface area contributed by atoms with E-state index in [1.807, 2.05) is 0 Å². The summed E-state index contributed by atoms with van der Waals surface area (Å²) in [6.45, 7) is 2.52. The highest BCUT2D eigenvalue weighted by molar-refractivity contribution is 7.91. The molecule has 0 radical (unpaired) electrons. The van der Waals surface area contributed by atoms with Gasteiger partial charge in [-0.2, -0.15) is 0 Å². The molecule has 0 bridgehead atoms. The van der Waals surface area contributed by atoms with Crippen LogP contribution in [0.3, 0.4) is 0 Å². The highest BCUT2D eigenvalue weighted by atomic mass is 35.5. The van der Waals surface area contributed by atoms with Crippen molar-refractivity contribution in [2.75, 3.05) is 19.6 Å². The minimum atomic E-state index is -3.83. The monoisotopic (exact) mass is 420 g/mol. The molecule has 8 heteroatoms. The van der Waals surface area contributed by atoms with Gasteiger partial charge in [0.1, 0.15) is 0 Å². The highest BCUT2D eigenvalue weighted by Crippen LogP contribution is 2.34. The third-order valence-electron chi connectivity index (χ3n) is 5.20. The van der Waals surface area contributed by atoms with Gasteiger partial charge in [0, 0.05) is 23.2 Å². The van der Waals surface area contributed by atoms with Crippen molar-refractivity contribution in [3.05, 3.63) is 59.2 Å². The first-order chi connectivity index (χ1) is 13.0. The summed E-state index contributed by atoms with van der Waals surface area (Å²) in [5, 5.41) is 6.13. The van der Waals surface area contributed by atoms with E-state index in [0.29, 0.717) is 12.5 Å². The van der Waals surface area contributed by atoms with Crippen molar-refractivity contribution in [1.82, 2.24) is 10.6 Å². The molecule has 6 nitrogen and oxygen atoms in total. The van der Waals surface area contributed by atoms with E-state index >= 15 is 0 Å². The van der Waals surface area contributed by atoms with Gasteiger partial charge in [-0.1, -0.05) is 12.1 Å². The minimum absolute atomic E-state index is 0. The zero-order valence-electron chi connectivity index (χ0n) is 15.1. The van der Waals surface area contributed by atoms with E-state index < -0.39 is 9.84 Å². The van der Waals surface area contributed by atoms with E-state index in [2.05, 4.69) is 10.6 Å². The molecule has 2 aliphatic rings. The molecule has 1 saturated heterocycles. The normalized spacial score (nSPS) is 19.3. The number of benzene rings is 2. The molecule has 2 aromatic rings. The summed E-state index contributed by atoms with van der Waals surface area (Å²) in [4.78, 5) is 25.0. The second-order valence-electron chi connectivity index (χ2n) is 6.94. The van der Waals surface area contributed by atoms with Gasteiger partial charge in [-0.25, -0.2) is 8.42 Å². The summed E-state index contributed by atoms with van der Waals surface area (Å²) in [6.07, 6.45) is 1.99. The Kier molecular flexibility index (Phi) is 5.88. The summed E-state index contributed by atoms with van der Waals surface area (Å²) >= 11 is 0. The lowest BCUT2D eigenvalue weighted by molar-refractivity contribution is 0.0949. The van der Waals surface area contributed by atoms with Crippen molar-refractivity contribution in [2.24, 2.45) is 5.92 Å². The Bertz CT molecular complexity index is 1030. The molecule has 2 N–H and O–H groups in total. The predicted molar refractivity (Wildman–Crippen MR) is 107 cm³/mol. The molecule has 2 aromatic carbocycles. The molecule has 0 aliphatic carbocycles. The van der Waals surface area contributed by atoms with Gasteiger partial charge in [0.15, 0.2) is 5.78 Å². The molecule has 1 fully saturated rings. The van der Waals surface area contributed by atoms with Gasteiger partial charge >= 0.3 is 0 Å². The smallest absolute Gasteiger partial charge is 0.251 e. The van der Waals surface area contributed by atoms with Crippen LogP contribution in [0.15, 0.2) is 52.3 Å². The van der Waals surface area contributed by atoms with E-state index in [1.54, 1.807) is 12.1 Å². The lowest BCUT2D eigenvalue weighted by Crippen LogP contribution is -2.27. The van der Waals surface area contributed by atoms with Gasteiger partial charge in [0.05, 0.1) is 9.79 Å².